The van der Waals surface area contributed by atoms with Crippen molar-refractivity contribution in [1.29, 1.82) is 0 Å². The summed E-state index contributed by atoms with van der Waals surface area (Å²) in [6.07, 6.45) is 14.6. The van der Waals surface area contributed by atoms with Gasteiger partial charge in [-0.25, -0.2) is 0 Å². The van der Waals surface area contributed by atoms with Gasteiger partial charge in [-0.2, -0.15) is 0 Å². The highest BCUT2D eigenvalue weighted by Crippen LogP contribution is 2.28. The molecule has 1 nitrogen and oxygen atoms in total. The van der Waals surface area contributed by atoms with Crippen LogP contribution in [0.5, 0.6) is 0 Å². The fourth-order valence-corrected chi connectivity index (χ4v) is 7.35. The predicted molar refractivity (Wildman–Crippen MR) is 100 cm³/mol. The highest BCUT2D eigenvalue weighted by Gasteiger charge is 2.27. The highest BCUT2D eigenvalue weighted by atomic mass is 28.3. The fraction of sp³-hybridized carbons (Fsp3) is 0.842. The van der Waals surface area contributed by atoms with E-state index in [0.29, 0.717) is 0 Å². The van der Waals surface area contributed by atoms with Gasteiger partial charge in [-0.3, -0.25) is 4.99 Å². The Kier molecular flexibility index (Phi) is 9.22. The van der Waals surface area contributed by atoms with Crippen molar-refractivity contribution in [2.24, 2.45) is 4.99 Å². The zero-order valence-corrected chi connectivity index (χ0v) is 16.0. The van der Waals surface area contributed by atoms with Gasteiger partial charge < -0.3 is 0 Å². The summed E-state index contributed by atoms with van der Waals surface area (Å²) in [6, 6.07) is 2.88. The summed E-state index contributed by atoms with van der Waals surface area (Å²) in [7, 11) is -1.21. The smallest absolute Gasteiger partial charge is 0.0782 e. The van der Waals surface area contributed by atoms with Crippen LogP contribution in [0.25, 0.3) is 0 Å². The molecule has 0 atom stereocenters. The molecule has 0 saturated heterocycles. The summed E-state index contributed by atoms with van der Waals surface area (Å²) in [5, 5.41) is 1.70. The average Bonchev–Trinajstić information content (AvgIpc) is 2.46. The molecule has 1 heterocycles. The third kappa shape index (κ3) is 6.95. The first-order valence-electron chi connectivity index (χ1n) is 9.34. The highest BCUT2D eigenvalue weighted by molar-refractivity contribution is 6.85. The van der Waals surface area contributed by atoms with E-state index in [1.807, 2.05) is 0 Å². The van der Waals surface area contributed by atoms with Gasteiger partial charge in [0.25, 0.3) is 0 Å². The van der Waals surface area contributed by atoms with Gasteiger partial charge in [0.05, 0.1) is 8.07 Å². The maximum atomic E-state index is 4.92. The van der Waals surface area contributed by atoms with E-state index in [2.05, 4.69) is 33.4 Å². The molecule has 0 fully saturated rings. The SMILES string of the molecule is CCC[Si](C)(CCC)/C(C)=C/C1=NCCCCCCCC1. The molecule has 0 aromatic heterocycles. The molecule has 1 rings (SSSR count). The second kappa shape index (κ2) is 10.4. The van der Waals surface area contributed by atoms with E-state index >= 15 is 0 Å². The third-order valence-electron chi connectivity index (χ3n) is 5.09. The Hall–Kier alpha value is -0.373. The molecule has 0 aromatic carbocycles. The maximum Gasteiger partial charge on any atom is 0.0782 e. The van der Waals surface area contributed by atoms with E-state index in [-0.39, 0.29) is 0 Å². The van der Waals surface area contributed by atoms with Gasteiger partial charge in [0.2, 0.25) is 0 Å². The number of allylic oxidation sites excluding steroid dienone is 2. The quantitative estimate of drug-likeness (QED) is 0.493. The van der Waals surface area contributed by atoms with Crippen molar-refractivity contribution >= 4 is 13.8 Å². The molecule has 122 valence electrons. The molecule has 0 bridgehead atoms. The van der Waals surface area contributed by atoms with Gasteiger partial charge in [-0.1, -0.05) is 76.2 Å². The van der Waals surface area contributed by atoms with Crippen LogP contribution in [-0.2, 0) is 0 Å². The molecule has 0 saturated carbocycles. The minimum absolute atomic E-state index is 1.05. The van der Waals surface area contributed by atoms with E-state index in [4.69, 9.17) is 4.99 Å². The first kappa shape index (κ1) is 18.7. The number of hydrogen-bond donors (Lipinski definition) is 0. The average molecular weight is 308 g/mol. The van der Waals surface area contributed by atoms with Crippen molar-refractivity contribution < 1.29 is 0 Å². The maximum absolute atomic E-state index is 4.92. The van der Waals surface area contributed by atoms with Crippen LogP contribution in [0, 0.1) is 0 Å². The van der Waals surface area contributed by atoms with Gasteiger partial charge in [0.15, 0.2) is 0 Å². The molecule has 0 radical (unpaired) electrons. The van der Waals surface area contributed by atoms with Crippen LogP contribution in [0.15, 0.2) is 16.3 Å². The lowest BCUT2D eigenvalue weighted by atomic mass is 10.1. The Bertz CT molecular complexity index is 337. The van der Waals surface area contributed by atoms with Crippen molar-refractivity contribution in [1.82, 2.24) is 0 Å². The normalized spacial score (nSPS) is 19.2. The van der Waals surface area contributed by atoms with Gasteiger partial charge in [0.1, 0.15) is 0 Å². The van der Waals surface area contributed by atoms with Crippen LogP contribution in [0.3, 0.4) is 0 Å². The van der Waals surface area contributed by atoms with Crippen LogP contribution in [-0.4, -0.2) is 20.3 Å². The predicted octanol–water partition coefficient (Wildman–Crippen LogP) is 6.56. The molecule has 21 heavy (non-hydrogen) atoms. The summed E-state index contributed by atoms with van der Waals surface area (Å²) in [6.45, 7) is 10.7. The Morgan fingerprint density at radius 2 is 1.57 bits per heavy atom. The summed E-state index contributed by atoms with van der Waals surface area (Å²) in [5.41, 5.74) is 1.40. The Balaban J connectivity index is 2.80. The Morgan fingerprint density at radius 3 is 2.19 bits per heavy atom. The lowest BCUT2D eigenvalue weighted by molar-refractivity contribution is 0.597. The van der Waals surface area contributed by atoms with E-state index in [1.54, 1.807) is 5.20 Å². The molecule has 0 N–H and O–H groups in total. The molecule has 2 heteroatoms. The number of hydrogen-bond acceptors (Lipinski definition) is 1. The molecule has 0 amide bonds. The minimum Gasteiger partial charge on any atom is -0.290 e. The van der Waals surface area contributed by atoms with Gasteiger partial charge in [-0.05, 0) is 32.3 Å². The fourth-order valence-electron chi connectivity index (χ4n) is 3.59. The monoisotopic (exact) mass is 307 g/mol. The number of nitrogens with zero attached hydrogens (tertiary/aromatic N) is 1. The van der Waals surface area contributed by atoms with Crippen molar-refractivity contribution in [3.63, 3.8) is 0 Å². The van der Waals surface area contributed by atoms with Gasteiger partial charge in [0, 0.05) is 12.3 Å². The van der Waals surface area contributed by atoms with Crippen LogP contribution in [0.2, 0.25) is 18.6 Å². The van der Waals surface area contributed by atoms with Crippen LogP contribution in [0.4, 0.5) is 0 Å². The van der Waals surface area contributed by atoms with Crippen LogP contribution >= 0.6 is 0 Å². The second-order valence-corrected chi connectivity index (χ2v) is 12.0. The number of aliphatic imine (C=N–C) groups is 1. The lowest BCUT2D eigenvalue weighted by Crippen LogP contribution is -2.32. The standard InChI is InChI=1S/C19H37NSi/c1-5-15-21(4,16-6-2)18(3)17-19-13-11-9-7-8-10-12-14-20-19/h17H,5-16H2,1-4H3/b18-17+,20-19?. The van der Waals surface area contributed by atoms with Gasteiger partial charge in [-0.15, -0.1) is 0 Å². The first-order valence-corrected chi connectivity index (χ1v) is 12.3. The van der Waals surface area contributed by atoms with E-state index in [1.165, 1.54) is 75.6 Å². The molecule has 0 spiro atoms. The topological polar surface area (TPSA) is 12.4 Å². The number of rotatable bonds is 6. The van der Waals surface area contributed by atoms with Crippen molar-refractivity contribution in [2.45, 2.75) is 97.2 Å². The van der Waals surface area contributed by atoms with Gasteiger partial charge >= 0.3 is 0 Å². The molecule has 1 aliphatic rings. The molecule has 0 aromatic rings. The molecular formula is C19H37NSi. The summed E-state index contributed by atoms with van der Waals surface area (Å²) < 4.78 is 0. The molecular weight excluding hydrogens is 270 g/mol. The van der Waals surface area contributed by atoms with Crippen LogP contribution in [0.1, 0.15) is 78.6 Å². The zero-order chi connectivity index (χ0) is 15.6. The van der Waals surface area contributed by atoms with E-state index in [0.717, 1.165) is 6.54 Å². The largest absolute Gasteiger partial charge is 0.290 e. The second-order valence-electron chi connectivity index (χ2n) is 7.13. The first-order chi connectivity index (χ1) is 10.1. The van der Waals surface area contributed by atoms with E-state index in [9.17, 15) is 0 Å². The molecule has 0 aliphatic carbocycles. The van der Waals surface area contributed by atoms with Crippen molar-refractivity contribution in [3.05, 3.63) is 11.3 Å². The lowest BCUT2D eigenvalue weighted by Gasteiger charge is -2.28. The Labute approximate surface area is 134 Å². The summed E-state index contributed by atoms with van der Waals surface area (Å²) >= 11 is 0. The summed E-state index contributed by atoms with van der Waals surface area (Å²) in [4.78, 5) is 4.92. The summed E-state index contributed by atoms with van der Waals surface area (Å²) in [5.74, 6) is 0. The Morgan fingerprint density at radius 1 is 1.00 bits per heavy atom. The van der Waals surface area contributed by atoms with Crippen molar-refractivity contribution in [2.75, 3.05) is 6.54 Å². The third-order valence-corrected chi connectivity index (χ3v) is 10.4. The van der Waals surface area contributed by atoms with E-state index < -0.39 is 8.07 Å². The van der Waals surface area contributed by atoms with Crippen molar-refractivity contribution in [3.8, 4) is 0 Å². The molecule has 0 unspecified atom stereocenters. The minimum atomic E-state index is -1.21. The molecule has 1 aliphatic heterocycles. The zero-order valence-electron chi connectivity index (χ0n) is 15.0. The van der Waals surface area contributed by atoms with Crippen LogP contribution < -0.4 is 0 Å².